The lowest BCUT2D eigenvalue weighted by molar-refractivity contribution is -0.112. The predicted octanol–water partition coefficient (Wildman–Crippen LogP) is 2.64. The van der Waals surface area contributed by atoms with E-state index in [0.717, 1.165) is 5.56 Å². The van der Waals surface area contributed by atoms with Crippen molar-refractivity contribution in [3.05, 3.63) is 42.1 Å². The molecular weight excluding hydrogens is 230 g/mol. The number of allylic oxidation sites excluding steroid dienone is 2. The van der Waals surface area contributed by atoms with Gasteiger partial charge < -0.3 is 9.84 Å². The first-order chi connectivity index (χ1) is 8.65. The maximum atomic E-state index is 10.9. The summed E-state index contributed by atoms with van der Waals surface area (Å²) in [5.74, 6) is 0.740. The Hall–Kier alpha value is -2.43. The van der Waals surface area contributed by atoms with Crippen molar-refractivity contribution in [1.82, 2.24) is 10.1 Å². The number of hydrogen-bond acceptors (Lipinski definition) is 5. The fourth-order valence-electron chi connectivity index (χ4n) is 1.49. The number of rotatable bonds is 4. The van der Waals surface area contributed by atoms with Crippen LogP contribution in [0.2, 0.25) is 0 Å². The van der Waals surface area contributed by atoms with Crippen molar-refractivity contribution >= 4 is 11.7 Å². The summed E-state index contributed by atoms with van der Waals surface area (Å²) >= 11 is 0. The second-order valence-corrected chi connectivity index (χ2v) is 3.85. The molecule has 0 unspecified atom stereocenters. The zero-order valence-electron chi connectivity index (χ0n) is 10.2. The van der Waals surface area contributed by atoms with Gasteiger partial charge in [-0.1, -0.05) is 18.2 Å². The van der Waals surface area contributed by atoms with Gasteiger partial charge in [-0.2, -0.15) is 4.98 Å². The maximum Gasteiger partial charge on any atom is 0.267 e. The van der Waals surface area contributed by atoms with Gasteiger partial charge in [0.25, 0.3) is 11.8 Å². The number of ketones is 1. The molecule has 18 heavy (non-hydrogen) atoms. The van der Waals surface area contributed by atoms with Crippen molar-refractivity contribution in [2.75, 3.05) is 5.32 Å². The third-order valence-corrected chi connectivity index (χ3v) is 2.18. The standard InChI is InChI=1S/C13H13N3O2/c1-9(8-10(2)17)14-13-15-12(18-16-13)11-6-4-3-5-7-11/h3-8H,1-2H3,(H,14,16)/b9-8+. The summed E-state index contributed by atoms with van der Waals surface area (Å²) in [4.78, 5) is 15.1. The van der Waals surface area contributed by atoms with Gasteiger partial charge in [0.2, 0.25) is 0 Å². The van der Waals surface area contributed by atoms with Crippen LogP contribution in [0.15, 0.2) is 46.6 Å². The highest BCUT2D eigenvalue weighted by Gasteiger charge is 2.07. The van der Waals surface area contributed by atoms with Gasteiger partial charge in [-0.05, 0) is 37.2 Å². The molecule has 0 aliphatic rings. The zero-order valence-corrected chi connectivity index (χ0v) is 10.2. The molecule has 92 valence electrons. The molecule has 5 heteroatoms. The van der Waals surface area contributed by atoms with Gasteiger partial charge in [-0.25, -0.2) is 0 Å². The van der Waals surface area contributed by atoms with Gasteiger partial charge in [0.1, 0.15) is 0 Å². The third-order valence-electron chi connectivity index (χ3n) is 2.18. The second kappa shape index (κ2) is 5.27. The molecule has 0 bridgehead atoms. The molecular formula is C13H13N3O2. The van der Waals surface area contributed by atoms with Crippen molar-refractivity contribution in [1.29, 1.82) is 0 Å². The third kappa shape index (κ3) is 3.04. The molecule has 0 radical (unpaired) electrons. The Bertz CT molecular complexity index is 573. The number of nitrogens with one attached hydrogen (secondary N) is 1. The average Bonchev–Trinajstić information content (AvgIpc) is 2.77. The average molecular weight is 243 g/mol. The molecule has 1 aromatic carbocycles. The van der Waals surface area contributed by atoms with E-state index in [1.807, 2.05) is 30.3 Å². The van der Waals surface area contributed by atoms with Crippen molar-refractivity contribution in [3.8, 4) is 11.5 Å². The molecule has 2 rings (SSSR count). The first kappa shape index (κ1) is 12.0. The Labute approximate surface area is 105 Å². The molecule has 0 aliphatic heterocycles. The van der Waals surface area contributed by atoms with Crippen LogP contribution in [0.25, 0.3) is 11.5 Å². The first-order valence-corrected chi connectivity index (χ1v) is 5.50. The van der Waals surface area contributed by atoms with Crippen LogP contribution in [0.3, 0.4) is 0 Å². The molecule has 1 aromatic heterocycles. The number of nitrogens with zero attached hydrogens (tertiary/aromatic N) is 2. The van der Waals surface area contributed by atoms with E-state index in [1.165, 1.54) is 13.0 Å². The molecule has 0 amide bonds. The number of aromatic nitrogens is 2. The van der Waals surface area contributed by atoms with Gasteiger partial charge in [0.05, 0.1) is 0 Å². The highest BCUT2D eigenvalue weighted by atomic mass is 16.5. The summed E-state index contributed by atoms with van der Waals surface area (Å²) in [5, 5.41) is 6.68. The molecule has 0 aliphatic carbocycles. The second-order valence-electron chi connectivity index (χ2n) is 3.85. The lowest BCUT2D eigenvalue weighted by atomic mass is 10.2. The van der Waals surface area contributed by atoms with Gasteiger partial charge in [-0.15, -0.1) is 0 Å². The minimum atomic E-state index is -0.0354. The summed E-state index contributed by atoms with van der Waals surface area (Å²) in [7, 11) is 0. The molecule has 1 heterocycles. The highest BCUT2D eigenvalue weighted by molar-refractivity contribution is 5.88. The Morgan fingerprint density at radius 1 is 1.28 bits per heavy atom. The molecule has 1 N–H and O–H groups in total. The van der Waals surface area contributed by atoms with Crippen LogP contribution in [-0.2, 0) is 4.79 Å². The number of anilines is 1. The Balaban J connectivity index is 2.14. The first-order valence-electron chi connectivity index (χ1n) is 5.50. The fourth-order valence-corrected chi connectivity index (χ4v) is 1.49. The zero-order chi connectivity index (χ0) is 13.0. The van der Waals surface area contributed by atoms with E-state index in [2.05, 4.69) is 15.5 Å². The minimum Gasteiger partial charge on any atom is -0.332 e. The minimum absolute atomic E-state index is 0.0354. The van der Waals surface area contributed by atoms with E-state index in [9.17, 15) is 4.79 Å². The Kier molecular flexibility index (Phi) is 3.52. The smallest absolute Gasteiger partial charge is 0.267 e. The van der Waals surface area contributed by atoms with Gasteiger partial charge >= 0.3 is 0 Å². The van der Waals surface area contributed by atoms with Crippen LogP contribution in [0.1, 0.15) is 13.8 Å². The molecule has 0 fully saturated rings. The SMILES string of the molecule is CC(=O)/C=C(\C)Nc1noc(-c2ccccc2)n1. The van der Waals surface area contributed by atoms with E-state index in [1.54, 1.807) is 6.92 Å². The van der Waals surface area contributed by atoms with Crippen molar-refractivity contribution in [2.24, 2.45) is 0 Å². The summed E-state index contributed by atoms with van der Waals surface area (Å²) < 4.78 is 5.12. The summed E-state index contributed by atoms with van der Waals surface area (Å²) in [6, 6.07) is 9.48. The number of carbonyl (C=O) groups excluding carboxylic acids is 1. The van der Waals surface area contributed by atoms with Crippen LogP contribution in [-0.4, -0.2) is 15.9 Å². The largest absolute Gasteiger partial charge is 0.332 e. The maximum absolute atomic E-state index is 10.9. The van der Waals surface area contributed by atoms with Crippen LogP contribution in [0.4, 0.5) is 5.95 Å². The van der Waals surface area contributed by atoms with Gasteiger partial charge in [-0.3, -0.25) is 4.79 Å². The molecule has 0 saturated heterocycles. The number of hydrogen-bond donors (Lipinski definition) is 1. The Morgan fingerprint density at radius 3 is 2.67 bits per heavy atom. The molecule has 0 atom stereocenters. The van der Waals surface area contributed by atoms with E-state index in [0.29, 0.717) is 17.5 Å². The van der Waals surface area contributed by atoms with E-state index < -0.39 is 0 Å². The van der Waals surface area contributed by atoms with Crippen molar-refractivity contribution in [3.63, 3.8) is 0 Å². The summed E-state index contributed by atoms with van der Waals surface area (Å²) in [5.41, 5.74) is 1.52. The van der Waals surface area contributed by atoms with Crippen LogP contribution < -0.4 is 5.32 Å². The lowest BCUT2D eigenvalue weighted by Gasteiger charge is -1.98. The fraction of sp³-hybridized carbons (Fsp3) is 0.154. The number of carbonyl (C=O) groups is 1. The predicted molar refractivity (Wildman–Crippen MR) is 67.8 cm³/mol. The summed E-state index contributed by atoms with van der Waals surface area (Å²) in [6.07, 6.45) is 1.47. The van der Waals surface area contributed by atoms with E-state index in [-0.39, 0.29) is 5.78 Å². The van der Waals surface area contributed by atoms with Crippen LogP contribution in [0, 0.1) is 0 Å². The number of benzene rings is 1. The van der Waals surface area contributed by atoms with Crippen molar-refractivity contribution < 1.29 is 9.32 Å². The highest BCUT2D eigenvalue weighted by Crippen LogP contribution is 2.18. The monoisotopic (exact) mass is 243 g/mol. The van der Waals surface area contributed by atoms with E-state index >= 15 is 0 Å². The summed E-state index contributed by atoms with van der Waals surface area (Å²) in [6.45, 7) is 3.25. The van der Waals surface area contributed by atoms with Gasteiger partial charge in [0, 0.05) is 11.3 Å². The van der Waals surface area contributed by atoms with Crippen LogP contribution in [0.5, 0.6) is 0 Å². The topological polar surface area (TPSA) is 68.0 Å². The van der Waals surface area contributed by atoms with Crippen LogP contribution >= 0.6 is 0 Å². The normalized spacial score (nSPS) is 11.3. The molecule has 5 nitrogen and oxygen atoms in total. The molecule has 2 aromatic rings. The molecule has 0 spiro atoms. The van der Waals surface area contributed by atoms with Crippen molar-refractivity contribution in [2.45, 2.75) is 13.8 Å². The van der Waals surface area contributed by atoms with Gasteiger partial charge in [0.15, 0.2) is 5.78 Å². The quantitative estimate of drug-likeness (QED) is 0.836. The molecule has 0 saturated carbocycles. The Morgan fingerprint density at radius 2 is 2.00 bits per heavy atom. The van der Waals surface area contributed by atoms with E-state index in [4.69, 9.17) is 4.52 Å². The lowest BCUT2D eigenvalue weighted by Crippen LogP contribution is -1.99.